The van der Waals surface area contributed by atoms with E-state index in [-0.39, 0.29) is 29.4 Å². The van der Waals surface area contributed by atoms with E-state index in [1.807, 2.05) is 6.07 Å². The van der Waals surface area contributed by atoms with Crippen LogP contribution in [0, 0.1) is 0 Å². The van der Waals surface area contributed by atoms with Crippen molar-refractivity contribution in [2.24, 2.45) is 0 Å². The first-order valence-corrected chi connectivity index (χ1v) is 10.1. The standard InChI is InChI=1S/C20H18Br2O4/c21-14-9-6-10-15(22)19(18(14)23)25-16-11-4-5-12-17(16)26-20(24)13-7-2-1-3-8-13/h1-3,6-10,16-17H,4-5,11-12H2/t16-,17+/m0/s1. The van der Waals surface area contributed by atoms with Crippen LogP contribution in [0.15, 0.2) is 62.3 Å². The molecule has 0 saturated heterocycles. The number of hydrogen-bond donors (Lipinski definition) is 0. The largest absolute Gasteiger partial charge is 0.481 e. The molecule has 0 aromatic heterocycles. The van der Waals surface area contributed by atoms with E-state index in [2.05, 4.69) is 31.9 Å². The van der Waals surface area contributed by atoms with E-state index in [1.165, 1.54) is 0 Å². The van der Waals surface area contributed by atoms with E-state index in [4.69, 9.17) is 9.47 Å². The second kappa shape index (κ2) is 8.82. The van der Waals surface area contributed by atoms with Gasteiger partial charge >= 0.3 is 5.97 Å². The predicted octanol–water partition coefficient (Wildman–Crippen LogP) is 5.12. The molecule has 0 amide bonds. The van der Waals surface area contributed by atoms with Crippen LogP contribution in [-0.2, 0) is 4.74 Å². The maximum atomic E-state index is 12.5. The van der Waals surface area contributed by atoms with E-state index >= 15 is 0 Å². The smallest absolute Gasteiger partial charge is 0.338 e. The summed E-state index contributed by atoms with van der Waals surface area (Å²) in [5, 5.41) is 0. The van der Waals surface area contributed by atoms with Crippen LogP contribution in [0.25, 0.3) is 0 Å². The van der Waals surface area contributed by atoms with Gasteiger partial charge in [0.25, 0.3) is 0 Å². The van der Waals surface area contributed by atoms with Crippen LogP contribution in [0.5, 0.6) is 5.75 Å². The number of carbonyl (C=O) groups is 1. The Morgan fingerprint density at radius 1 is 0.885 bits per heavy atom. The number of esters is 1. The van der Waals surface area contributed by atoms with Crippen molar-refractivity contribution in [2.75, 3.05) is 0 Å². The van der Waals surface area contributed by atoms with Gasteiger partial charge in [0.05, 0.1) is 14.5 Å². The summed E-state index contributed by atoms with van der Waals surface area (Å²) in [7, 11) is 0. The summed E-state index contributed by atoms with van der Waals surface area (Å²) in [6, 6.07) is 14.1. The Morgan fingerprint density at radius 2 is 1.54 bits per heavy atom. The third-order valence-electron chi connectivity index (χ3n) is 4.30. The summed E-state index contributed by atoms with van der Waals surface area (Å²) in [6.07, 6.45) is 2.64. The third-order valence-corrected chi connectivity index (χ3v) is 5.55. The van der Waals surface area contributed by atoms with Crippen molar-refractivity contribution in [3.63, 3.8) is 0 Å². The maximum Gasteiger partial charge on any atom is 0.338 e. The van der Waals surface area contributed by atoms with Gasteiger partial charge in [-0.2, -0.15) is 0 Å². The Labute approximate surface area is 168 Å². The van der Waals surface area contributed by atoms with Crippen molar-refractivity contribution in [3.05, 3.63) is 73.3 Å². The van der Waals surface area contributed by atoms with Crippen molar-refractivity contribution in [1.82, 2.24) is 0 Å². The quantitative estimate of drug-likeness (QED) is 0.569. The second-order valence-electron chi connectivity index (χ2n) is 6.13. The number of benzene rings is 1. The van der Waals surface area contributed by atoms with Crippen LogP contribution in [-0.4, -0.2) is 18.2 Å². The monoisotopic (exact) mass is 480 g/mol. The lowest BCUT2D eigenvalue weighted by Crippen LogP contribution is -2.39. The van der Waals surface area contributed by atoms with Gasteiger partial charge in [0.1, 0.15) is 12.2 Å². The molecule has 1 aliphatic carbocycles. The number of hydrogen-bond acceptors (Lipinski definition) is 4. The van der Waals surface area contributed by atoms with Gasteiger partial charge in [-0.3, -0.25) is 4.79 Å². The van der Waals surface area contributed by atoms with Gasteiger partial charge in [-0.25, -0.2) is 4.79 Å². The minimum absolute atomic E-state index is 0.231. The highest BCUT2D eigenvalue weighted by molar-refractivity contribution is 9.11. The Hall–Kier alpha value is -1.66. The van der Waals surface area contributed by atoms with Crippen LogP contribution < -0.4 is 10.2 Å². The average molecular weight is 482 g/mol. The fourth-order valence-electron chi connectivity index (χ4n) is 2.96. The molecule has 4 nitrogen and oxygen atoms in total. The zero-order valence-electron chi connectivity index (χ0n) is 14.0. The van der Waals surface area contributed by atoms with E-state index in [0.717, 1.165) is 25.7 Å². The number of ether oxygens (including phenoxy) is 2. The molecular weight excluding hydrogens is 464 g/mol. The van der Waals surface area contributed by atoms with E-state index in [0.29, 0.717) is 14.5 Å². The highest BCUT2D eigenvalue weighted by Gasteiger charge is 2.31. The van der Waals surface area contributed by atoms with Crippen LogP contribution in [0.3, 0.4) is 0 Å². The normalized spacial score (nSPS) is 19.6. The molecule has 2 aromatic carbocycles. The summed E-state index contributed by atoms with van der Waals surface area (Å²) in [4.78, 5) is 24.9. The van der Waals surface area contributed by atoms with E-state index < -0.39 is 0 Å². The molecule has 3 rings (SSSR count). The van der Waals surface area contributed by atoms with Crippen molar-refractivity contribution in [3.8, 4) is 5.75 Å². The van der Waals surface area contributed by atoms with Gasteiger partial charge in [-0.05, 0) is 81.8 Å². The van der Waals surface area contributed by atoms with Gasteiger partial charge in [0.2, 0.25) is 5.43 Å². The van der Waals surface area contributed by atoms with E-state index in [9.17, 15) is 9.59 Å². The fraction of sp³-hybridized carbons (Fsp3) is 0.300. The summed E-state index contributed by atoms with van der Waals surface area (Å²) in [5.41, 5.74) is 0.275. The first-order chi connectivity index (χ1) is 12.6. The van der Waals surface area contributed by atoms with Crippen molar-refractivity contribution in [1.29, 1.82) is 0 Å². The third kappa shape index (κ3) is 4.54. The second-order valence-corrected chi connectivity index (χ2v) is 7.84. The van der Waals surface area contributed by atoms with Crippen molar-refractivity contribution >= 4 is 37.8 Å². The van der Waals surface area contributed by atoms with Gasteiger partial charge < -0.3 is 9.47 Å². The lowest BCUT2D eigenvalue weighted by molar-refractivity contribution is -0.0267. The summed E-state index contributed by atoms with van der Waals surface area (Å²) < 4.78 is 12.7. The van der Waals surface area contributed by atoms with Gasteiger partial charge in [-0.1, -0.05) is 24.3 Å². The van der Waals surface area contributed by atoms with Crippen LogP contribution in [0.2, 0.25) is 0 Å². The molecule has 0 unspecified atom stereocenters. The first-order valence-electron chi connectivity index (χ1n) is 8.47. The molecular formula is C20H18Br2O4. The molecule has 26 heavy (non-hydrogen) atoms. The Morgan fingerprint density at radius 3 is 2.27 bits per heavy atom. The lowest BCUT2D eigenvalue weighted by Gasteiger charge is -2.31. The van der Waals surface area contributed by atoms with Crippen LogP contribution >= 0.6 is 31.9 Å². The predicted molar refractivity (Wildman–Crippen MR) is 107 cm³/mol. The summed E-state index contributed by atoms with van der Waals surface area (Å²) in [6.45, 7) is 0. The maximum absolute atomic E-state index is 12.5. The Bertz CT molecular complexity index is 839. The van der Waals surface area contributed by atoms with Crippen LogP contribution in [0.4, 0.5) is 0 Å². The van der Waals surface area contributed by atoms with Crippen LogP contribution in [0.1, 0.15) is 36.0 Å². The Balaban J connectivity index is 1.81. The topological polar surface area (TPSA) is 52.6 Å². The molecule has 2 atom stereocenters. The fourth-order valence-corrected chi connectivity index (χ4v) is 3.72. The molecule has 0 spiro atoms. The number of carbonyl (C=O) groups excluding carboxylic acids is 1. The number of halogens is 2. The summed E-state index contributed by atoms with van der Waals surface area (Å²) >= 11 is 6.65. The minimum atomic E-state index is -0.382. The molecule has 0 N–H and O–H groups in total. The molecule has 0 aliphatic heterocycles. The van der Waals surface area contributed by atoms with Gasteiger partial charge in [0.15, 0.2) is 5.75 Å². The van der Waals surface area contributed by atoms with Crippen molar-refractivity contribution in [2.45, 2.75) is 37.9 Å². The lowest BCUT2D eigenvalue weighted by atomic mass is 9.94. The molecule has 0 bridgehead atoms. The summed E-state index contributed by atoms with van der Waals surface area (Å²) in [5.74, 6) is -0.137. The molecule has 136 valence electrons. The molecule has 1 aliphatic rings. The number of rotatable bonds is 4. The molecule has 0 radical (unpaired) electrons. The van der Waals surface area contributed by atoms with Gasteiger partial charge in [0, 0.05) is 0 Å². The average Bonchev–Trinajstić information content (AvgIpc) is 2.77. The Kier molecular flexibility index (Phi) is 6.48. The highest BCUT2D eigenvalue weighted by Crippen LogP contribution is 2.29. The zero-order chi connectivity index (χ0) is 18.5. The zero-order valence-corrected chi connectivity index (χ0v) is 17.2. The molecule has 6 heteroatoms. The van der Waals surface area contributed by atoms with Crippen molar-refractivity contribution < 1.29 is 14.3 Å². The molecule has 2 aromatic rings. The molecule has 1 saturated carbocycles. The molecule has 1 fully saturated rings. The first kappa shape index (κ1) is 19.1. The molecule has 0 heterocycles. The SMILES string of the molecule is O=C(O[C@@H]1CCCC[C@@H]1Oc1c(Br)cccc(Br)c1=O)c1ccccc1. The minimum Gasteiger partial charge on any atom is -0.481 e. The van der Waals surface area contributed by atoms with Gasteiger partial charge in [-0.15, -0.1) is 0 Å². The highest BCUT2D eigenvalue weighted by atomic mass is 79.9. The van der Waals surface area contributed by atoms with E-state index in [1.54, 1.807) is 42.5 Å².